The predicted molar refractivity (Wildman–Crippen MR) is 461 cm³/mol. The third-order valence-corrected chi connectivity index (χ3v) is 22.5. The lowest BCUT2D eigenvalue weighted by Crippen LogP contribution is -2.16. The van der Waals surface area contributed by atoms with Gasteiger partial charge in [-0.25, -0.2) is 14.7 Å². The van der Waals surface area contributed by atoms with Gasteiger partial charge >= 0.3 is 0 Å². The fourth-order valence-electron chi connectivity index (χ4n) is 17.1. The third kappa shape index (κ3) is 11.2. The molecule has 520 valence electrons. The van der Waals surface area contributed by atoms with Crippen molar-refractivity contribution in [1.82, 2.24) is 19.1 Å². The summed E-state index contributed by atoms with van der Waals surface area (Å²) in [5, 5.41) is 10.2. The average Bonchev–Trinajstić information content (AvgIpc) is 1.57. The molecule has 20 aromatic rings. The van der Waals surface area contributed by atoms with Gasteiger partial charge in [-0.15, -0.1) is 0 Å². The zero-order valence-electron chi connectivity index (χ0n) is 60.9. The Morgan fingerprint density at radius 2 is 0.721 bits per heavy atom. The molecule has 16 aromatic carbocycles. The fraction of sp³-hybridized carbons (Fsp3) is 0.0291. The molecule has 0 bridgehead atoms. The van der Waals surface area contributed by atoms with Gasteiger partial charge in [-0.3, -0.25) is 9.88 Å². The molecule has 0 N–H and O–H groups in total. The van der Waals surface area contributed by atoms with Crippen molar-refractivity contribution in [2.45, 2.75) is 19.3 Å². The van der Waals surface area contributed by atoms with Gasteiger partial charge in [0.15, 0.2) is 11.4 Å². The van der Waals surface area contributed by atoms with Gasteiger partial charge in [0.1, 0.15) is 5.82 Å². The second kappa shape index (κ2) is 26.8. The van der Waals surface area contributed by atoms with Crippen LogP contribution in [0.1, 0.15) is 25.0 Å². The Kier molecular flexibility index (Phi) is 15.8. The van der Waals surface area contributed by atoms with Crippen molar-refractivity contribution >= 4 is 111 Å². The van der Waals surface area contributed by atoms with Crippen LogP contribution in [0.4, 0.5) is 45.6 Å². The number of nitrogens with zero attached hydrogens (tertiary/aromatic N) is 8. The molecule has 1 aliphatic carbocycles. The van der Waals surface area contributed by atoms with E-state index in [-0.39, 0.29) is 5.41 Å². The van der Waals surface area contributed by atoms with Gasteiger partial charge in [0.25, 0.3) is 0 Å². The molecule has 111 heavy (non-hydrogen) atoms. The minimum absolute atomic E-state index is 0.125. The zero-order valence-corrected chi connectivity index (χ0v) is 60.9. The first-order chi connectivity index (χ1) is 54.7. The number of fused-ring (bicyclic) bond motifs is 3. The number of anilines is 6. The van der Waals surface area contributed by atoms with E-state index < -0.39 is 0 Å². The molecule has 0 spiro atoms. The summed E-state index contributed by atoms with van der Waals surface area (Å²) in [5.74, 6) is 0.798. The molecule has 8 heteroatoms. The highest BCUT2D eigenvalue weighted by molar-refractivity contribution is 6.28. The molecule has 0 unspecified atom stereocenters. The number of hydrogen-bond acceptors (Lipinski definition) is 4. The lowest BCUT2D eigenvalue weighted by atomic mass is 9.82. The van der Waals surface area contributed by atoms with Crippen LogP contribution in [0.3, 0.4) is 0 Å². The van der Waals surface area contributed by atoms with E-state index in [1.165, 1.54) is 127 Å². The Hall–Kier alpha value is -15.0. The van der Waals surface area contributed by atoms with E-state index in [4.69, 9.17) is 23.1 Å². The van der Waals surface area contributed by atoms with Crippen molar-refractivity contribution in [3.63, 3.8) is 0 Å². The number of hydrogen-bond donors (Lipinski definition) is 0. The van der Waals surface area contributed by atoms with Crippen LogP contribution in [0.2, 0.25) is 0 Å². The highest BCUT2D eigenvalue weighted by Gasteiger charge is 2.36. The largest absolute Gasteiger partial charge is 0.309 e. The maximum atomic E-state index is 7.52. The number of aromatic nitrogens is 4. The molecule has 0 atom stereocenters. The van der Waals surface area contributed by atoms with Gasteiger partial charge in [0.05, 0.1) is 52.8 Å². The summed E-state index contributed by atoms with van der Waals surface area (Å²) >= 11 is 0. The summed E-state index contributed by atoms with van der Waals surface area (Å²) in [6, 6.07) is 129. The topological polar surface area (TPSA) is 50.8 Å². The molecule has 0 amide bonds. The van der Waals surface area contributed by atoms with Crippen molar-refractivity contribution in [1.29, 1.82) is 0 Å². The van der Waals surface area contributed by atoms with Gasteiger partial charge in [0.2, 0.25) is 0 Å². The fourth-order valence-corrected chi connectivity index (χ4v) is 17.1. The molecule has 4 heterocycles. The molecular formula is C103H68N8. The second-order valence-corrected chi connectivity index (χ2v) is 29.0. The molecular weight excluding hydrogens is 1350 g/mol. The van der Waals surface area contributed by atoms with Gasteiger partial charge in [-0.05, 0) is 204 Å². The van der Waals surface area contributed by atoms with Crippen LogP contribution in [-0.4, -0.2) is 19.1 Å². The smallest absolute Gasteiger partial charge is 0.187 e. The molecule has 0 radical (unpaired) electrons. The Labute approximate surface area is 643 Å². The maximum absolute atomic E-state index is 7.52. The average molecular weight is 1420 g/mol. The molecule has 21 rings (SSSR count). The minimum Gasteiger partial charge on any atom is -0.309 e. The summed E-state index contributed by atoms with van der Waals surface area (Å²) in [6.07, 6.45) is 3.91. The highest BCUT2D eigenvalue weighted by atomic mass is 15.2. The standard InChI is InChI=1S/C53H36N4.C50H32N4/c1-53(2)46-14-8-7-13-43(46)44-28-25-40(32-47(44)53)56(39-23-21-37(54-3)22-24-39)41-26-30-48(55-33-41)35-18-16-34(17-19-35)42-29-31-50-52-45(42)27-20-36-10-9-15-49(51(36)52)57(50)38-11-5-4-6-12-38;1-51-40-23-27-43(28-24-40)53(42-25-19-35(20-26-42)34-9-4-2-5-10-34)48-32-22-39(33-52-48)36-15-17-37(18-16-36)44-30-31-47-50-45(44)29-21-38-11-8-14-46(49(38)50)54(47)41-12-6-3-7-13-41/h4-33H,1-2H3;2-33H. The van der Waals surface area contributed by atoms with Crippen molar-refractivity contribution in [2.24, 2.45) is 0 Å². The van der Waals surface area contributed by atoms with Crippen molar-refractivity contribution in [3.8, 4) is 78.3 Å². The Morgan fingerprint density at radius 3 is 1.25 bits per heavy atom. The Balaban J connectivity index is 0.000000145. The van der Waals surface area contributed by atoms with Gasteiger partial charge in [-0.2, -0.15) is 0 Å². The number of benzene rings is 16. The van der Waals surface area contributed by atoms with Crippen LogP contribution in [0, 0.1) is 13.1 Å². The number of para-hydroxylation sites is 2. The van der Waals surface area contributed by atoms with Crippen LogP contribution in [0.5, 0.6) is 0 Å². The first kappa shape index (κ1) is 65.5. The van der Waals surface area contributed by atoms with E-state index in [2.05, 4.69) is 352 Å². The molecule has 4 aromatic heterocycles. The summed E-state index contributed by atoms with van der Waals surface area (Å²) in [6.45, 7) is 19.6. The van der Waals surface area contributed by atoms with E-state index in [0.717, 1.165) is 62.2 Å². The van der Waals surface area contributed by atoms with E-state index in [1.807, 2.05) is 67.0 Å². The normalized spacial score (nSPS) is 12.1. The van der Waals surface area contributed by atoms with Crippen molar-refractivity contribution in [2.75, 3.05) is 9.80 Å². The van der Waals surface area contributed by atoms with E-state index >= 15 is 0 Å². The maximum Gasteiger partial charge on any atom is 0.187 e. The minimum atomic E-state index is -0.125. The van der Waals surface area contributed by atoms with E-state index in [0.29, 0.717) is 11.4 Å². The number of rotatable bonds is 13. The zero-order chi connectivity index (χ0) is 74.3. The van der Waals surface area contributed by atoms with Crippen LogP contribution in [0.15, 0.2) is 376 Å². The molecule has 8 nitrogen and oxygen atoms in total. The first-order valence-electron chi connectivity index (χ1n) is 37.5. The highest BCUT2D eigenvalue weighted by Crippen LogP contribution is 2.52. The lowest BCUT2D eigenvalue weighted by Gasteiger charge is -2.28. The molecule has 0 aliphatic heterocycles. The molecule has 0 saturated carbocycles. The van der Waals surface area contributed by atoms with Crippen molar-refractivity contribution < 1.29 is 0 Å². The monoisotopic (exact) mass is 1420 g/mol. The Bertz CT molecular complexity index is 6980. The molecule has 1 aliphatic rings. The lowest BCUT2D eigenvalue weighted by molar-refractivity contribution is 0.660. The van der Waals surface area contributed by atoms with Gasteiger partial charge < -0.3 is 14.0 Å². The van der Waals surface area contributed by atoms with Crippen LogP contribution in [0.25, 0.3) is 153 Å². The second-order valence-electron chi connectivity index (χ2n) is 29.0. The van der Waals surface area contributed by atoms with E-state index in [9.17, 15) is 0 Å². The molecule has 0 saturated heterocycles. The number of pyridine rings is 2. The summed E-state index contributed by atoms with van der Waals surface area (Å²) in [7, 11) is 0. The van der Waals surface area contributed by atoms with Crippen molar-refractivity contribution in [3.05, 3.63) is 410 Å². The van der Waals surface area contributed by atoms with E-state index in [1.54, 1.807) is 0 Å². The predicted octanol–water partition coefficient (Wildman–Crippen LogP) is 28.2. The van der Waals surface area contributed by atoms with Crippen LogP contribution >= 0.6 is 0 Å². The first-order valence-corrected chi connectivity index (χ1v) is 37.5. The van der Waals surface area contributed by atoms with Gasteiger partial charge in [0, 0.05) is 78.4 Å². The Morgan fingerprint density at radius 1 is 0.288 bits per heavy atom. The molecule has 0 fully saturated rings. The van der Waals surface area contributed by atoms with Gasteiger partial charge in [-0.1, -0.05) is 257 Å². The summed E-state index contributed by atoms with van der Waals surface area (Å²) in [4.78, 5) is 21.6. The van der Waals surface area contributed by atoms with Crippen LogP contribution < -0.4 is 9.80 Å². The third-order valence-electron chi connectivity index (χ3n) is 22.5. The van der Waals surface area contributed by atoms with Crippen LogP contribution in [-0.2, 0) is 5.41 Å². The quantitative estimate of drug-likeness (QED) is 0.0853. The summed E-state index contributed by atoms with van der Waals surface area (Å²) in [5.41, 5.74) is 29.7. The SMILES string of the molecule is [C-]#[N+]c1ccc(N(c2ccc(-c3ccc(-c4ccc5c6c4ccc4cccc(c46)n5-c4ccccc4)cc3)nc2)c2ccc3c(c2)C(C)(C)c2ccccc2-3)cc1.[C-]#[N+]c1ccc(N(c2ccc(-c3ccccc3)cc2)c2ccc(-c3ccc(-c4ccc5c6c4ccc4cccc(c46)n5-c4ccccc4)cc3)cn2)cc1. The summed E-state index contributed by atoms with van der Waals surface area (Å²) < 4.78 is 4.78.